The van der Waals surface area contributed by atoms with Crippen LogP contribution in [0.4, 0.5) is 4.79 Å². The zero-order valence-corrected chi connectivity index (χ0v) is 15.2. The van der Waals surface area contributed by atoms with Crippen LogP contribution in [0.15, 0.2) is 24.3 Å². The molecule has 3 rings (SSSR count). The molecule has 26 heavy (non-hydrogen) atoms. The van der Waals surface area contributed by atoms with E-state index in [4.69, 9.17) is 4.74 Å². The first-order chi connectivity index (χ1) is 12.5. The Morgan fingerprint density at radius 1 is 1.35 bits per heavy atom. The van der Waals surface area contributed by atoms with E-state index in [0.29, 0.717) is 12.2 Å². The Kier molecular flexibility index (Phi) is 5.15. The van der Waals surface area contributed by atoms with Crippen molar-refractivity contribution in [3.63, 3.8) is 0 Å². The van der Waals surface area contributed by atoms with Gasteiger partial charge in [0.05, 0.1) is 7.11 Å². The molecule has 7 nitrogen and oxygen atoms in total. The number of urea groups is 1. The zero-order valence-electron chi connectivity index (χ0n) is 15.2. The molecule has 2 N–H and O–H groups in total. The lowest BCUT2D eigenvalue weighted by Gasteiger charge is -2.36. The van der Waals surface area contributed by atoms with E-state index in [1.165, 1.54) is 0 Å². The number of para-hydroxylation sites is 1. The number of benzene rings is 1. The summed E-state index contributed by atoms with van der Waals surface area (Å²) in [5.74, 6) is 0.106. The number of carbonyl (C=O) groups excluding carboxylic acids is 3. The van der Waals surface area contributed by atoms with E-state index in [-0.39, 0.29) is 30.8 Å². The molecule has 1 saturated carbocycles. The maximum absolute atomic E-state index is 12.9. The molecule has 2 aliphatic rings. The van der Waals surface area contributed by atoms with Crippen LogP contribution in [0.3, 0.4) is 0 Å². The monoisotopic (exact) mass is 359 g/mol. The van der Waals surface area contributed by atoms with E-state index in [2.05, 4.69) is 10.6 Å². The fourth-order valence-corrected chi connectivity index (χ4v) is 3.88. The number of nitrogens with one attached hydrogen (secondary N) is 2. The second-order valence-electron chi connectivity index (χ2n) is 7.03. The highest BCUT2D eigenvalue weighted by atomic mass is 16.5. The van der Waals surface area contributed by atoms with Crippen molar-refractivity contribution in [2.75, 3.05) is 13.7 Å². The van der Waals surface area contributed by atoms with Crippen molar-refractivity contribution >= 4 is 17.8 Å². The molecule has 0 aromatic heterocycles. The largest absolute Gasteiger partial charge is 0.496 e. The Bertz CT molecular complexity index is 720. The minimum absolute atomic E-state index is 0.0781. The predicted octanol–water partition coefficient (Wildman–Crippen LogP) is 1.81. The van der Waals surface area contributed by atoms with Gasteiger partial charge in [0.15, 0.2) is 0 Å². The number of hydrogen-bond acceptors (Lipinski definition) is 4. The number of hydrogen-bond donors (Lipinski definition) is 2. The molecular formula is C19H25N3O4. The number of amides is 4. The second kappa shape index (κ2) is 7.35. The lowest BCUT2D eigenvalue weighted by atomic mass is 9.73. The molecule has 0 unspecified atom stereocenters. The first kappa shape index (κ1) is 18.2. The van der Waals surface area contributed by atoms with Crippen LogP contribution in [-0.2, 0) is 16.1 Å². The van der Waals surface area contributed by atoms with E-state index in [1.807, 2.05) is 31.2 Å². The van der Waals surface area contributed by atoms with Crippen LogP contribution in [0.25, 0.3) is 0 Å². The molecule has 2 fully saturated rings. The second-order valence-corrected chi connectivity index (χ2v) is 7.03. The summed E-state index contributed by atoms with van der Waals surface area (Å²) in [6.07, 6.45) is 3.51. The highest BCUT2D eigenvalue weighted by Gasteiger charge is 2.55. The fraction of sp³-hybridized carbons (Fsp3) is 0.526. The van der Waals surface area contributed by atoms with Gasteiger partial charge in [0.1, 0.15) is 17.8 Å². The molecule has 1 aliphatic heterocycles. The van der Waals surface area contributed by atoms with E-state index in [1.54, 1.807) is 7.11 Å². The van der Waals surface area contributed by atoms with Crippen molar-refractivity contribution in [1.29, 1.82) is 0 Å². The number of ether oxygens (including phenoxy) is 1. The SMILES string of the molecule is COc1ccccc1CNC(=O)CN1C(=O)N[C@]2(CCCC[C@@H]2C)C1=O. The zero-order chi connectivity index (χ0) is 18.7. The van der Waals surface area contributed by atoms with Gasteiger partial charge in [0, 0.05) is 12.1 Å². The minimum Gasteiger partial charge on any atom is -0.496 e. The Morgan fingerprint density at radius 3 is 2.85 bits per heavy atom. The van der Waals surface area contributed by atoms with Crippen molar-refractivity contribution in [2.24, 2.45) is 5.92 Å². The molecule has 140 valence electrons. The van der Waals surface area contributed by atoms with E-state index >= 15 is 0 Å². The quantitative estimate of drug-likeness (QED) is 0.785. The molecule has 0 bridgehead atoms. The van der Waals surface area contributed by atoms with Gasteiger partial charge >= 0.3 is 6.03 Å². The summed E-state index contributed by atoms with van der Waals surface area (Å²) in [4.78, 5) is 38.5. The molecule has 1 saturated heterocycles. The van der Waals surface area contributed by atoms with Crippen molar-refractivity contribution in [3.8, 4) is 5.75 Å². The maximum atomic E-state index is 12.9. The summed E-state index contributed by atoms with van der Waals surface area (Å²) in [5.41, 5.74) is -0.00365. The first-order valence-corrected chi connectivity index (χ1v) is 9.00. The lowest BCUT2D eigenvalue weighted by Crippen LogP contribution is -2.54. The standard InChI is InChI=1S/C19H25N3O4/c1-13-7-5-6-10-19(13)17(24)22(18(25)21-19)12-16(23)20-11-14-8-3-4-9-15(14)26-2/h3-4,8-9,13H,5-7,10-12H2,1-2H3,(H,20,23)(H,21,25)/t13-,19-/m0/s1. The summed E-state index contributed by atoms with van der Waals surface area (Å²) < 4.78 is 5.25. The van der Waals surface area contributed by atoms with Crippen LogP contribution in [0.1, 0.15) is 38.2 Å². The van der Waals surface area contributed by atoms with Crippen LogP contribution in [0.5, 0.6) is 5.75 Å². The number of rotatable bonds is 5. The predicted molar refractivity (Wildman–Crippen MR) is 95.4 cm³/mol. The van der Waals surface area contributed by atoms with Gasteiger partial charge in [-0.3, -0.25) is 14.5 Å². The van der Waals surface area contributed by atoms with Crippen LogP contribution in [0.2, 0.25) is 0 Å². The third-order valence-electron chi connectivity index (χ3n) is 5.47. The molecule has 0 radical (unpaired) electrons. The van der Waals surface area contributed by atoms with E-state index in [9.17, 15) is 14.4 Å². The molecule has 4 amide bonds. The fourth-order valence-electron chi connectivity index (χ4n) is 3.88. The summed E-state index contributed by atoms with van der Waals surface area (Å²) in [5, 5.41) is 5.61. The van der Waals surface area contributed by atoms with Crippen LogP contribution >= 0.6 is 0 Å². The molecule has 1 aromatic rings. The van der Waals surface area contributed by atoms with Crippen LogP contribution in [-0.4, -0.2) is 41.9 Å². The summed E-state index contributed by atoms with van der Waals surface area (Å²) in [6.45, 7) is 1.99. The van der Waals surface area contributed by atoms with Gasteiger partial charge in [-0.2, -0.15) is 0 Å². The van der Waals surface area contributed by atoms with Gasteiger partial charge in [0.25, 0.3) is 5.91 Å². The molecule has 1 aromatic carbocycles. The van der Waals surface area contributed by atoms with Gasteiger partial charge in [0.2, 0.25) is 5.91 Å². The average molecular weight is 359 g/mol. The lowest BCUT2D eigenvalue weighted by molar-refractivity contribution is -0.137. The molecular weight excluding hydrogens is 334 g/mol. The minimum atomic E-state index is -0.835. The highest BCUT2D eigenvalue weighted by molar-refractivity contribution is 6.09. The molecule has 1 aliphatic carbocycles. The molecule has 2 atom stereocenters. The third kappa shape index (κ3) is 3.25. The van der Waals surface area contributed by atoms with Gasteiger partial charge in [-0.05, 0) is 24.8 Å². The molecule has 1 spiro atoms. The van der Waals surface area contributed by atoms with Crippen LogP contribution in [0, 0.1) is 5.92 Å². The summed E-state index contributed by atoms with van der Waals surface area (Å²) >= 11 is 0. The number of nitrogens with zero attached hydrogens (tertiary/aromatic N) is 1. The summed E-state index contributed by atoms with van der Waals surface area (Å²) in [6, 6.07) is 6.90. The Hall–Kier alpha value is -2.57. The number of methoxy groups -OCH3 is 1. The number of carbonyl (C=O) groups is 3. The van der Waals surface area contributed by atoms with Gasteiger partial charge < -0.3 is 15.4 Å². The molecule has 7 heteroatoms. The summed E-state index contributed by atoms with van der Waals surface area (Å²) in [7, 11) is 1.57. The van der Waals surface area contributed by atoms with E-state index < -0.39 is 11.6 Å². The average Bonchev–Trinajstić information content (AvgIpc) is 2.87. The first-order valence-electron chi connectivity index (χ1n) is 9.00. The third-order valence-corrected chi connectivity index (χ3v) is 5.47. The smallest absolute Gasteiger partial charge is 0.325 e. The maximum Gasteiger partial charge on any atom is 0.325 e. The normalized spacial score (nSPS) is 25.3. The van der Waals surface area contributed by atoms with E-state index in [0.717, 1.165) is 29.7 Å². The van der Waals surface area contributed by atoms with Gasteiger partial charge in [-0.25, -0.2) is 4.79 Å². The van der Waals surface area contributed by atoms with Crippen LogP contribution < -0.4 is 15.4 Å². The molecule has 1 heterocycles. The highest BCUT2D eigenvalue weighted by Crippen LogP contribution is 2.38. The number of imide groups is 1. The Morgan fingerprint density at radius 2 is 2.12 bits per heavy atom. The van der Waals surface area contributed by atoms with Crippen molar-refractivity contribution < 1.29 is 19.1 Å². The van der Waals surface area contributed by atoms with Crippen molar-refractivity contribution in [3.05, 3.63) is 29.8 Å². The topological polar surface area (TPSA) is 87.7 Å². The van der Waals surface area contributed by atoms with Crippen molar-refractivity contribution in [1.82, 2.24) is 15.5 Å². The Balaban J connectivity index is 1.62. The van der Waals surface area contributed by atoms with Gasteiger partial charge in [-0.1, -0.05) is 38.0 Å². The van der Waals surface area contributed by atoms with Gasteiger partial charge in [-0.15, -0.1) is 0 Å². The Labute approximate surface area is 153 Å². The van der Waals surface area contributed by atoms with Crippen molar-refractivity contribution in [2.45, 2.75) is 44.7 Å².